The van der Waals surface area contributed by atoms with Gasteiger partial charge in [-0.3, -0.25) is 4.79 Å². The van der Waals surface area contributed by atoms with Gasteiger partial charge < -0.3 is 19.7 Å². The first kappa shape index (κ1) is 20.1. The zero-order chi connectivity index (χ0) is 22.1. The first-order chi connectivity index (χ1) is 15.6. The standard InChI is InChI=1S/C25H26N6O/c1-18(32)30-13-15-31(16-14-30)24-10-6-4-8-22(24)28-25-26-12-11-21(27-25)20-17-29(2)23-9-5-3-7-19(20)23/h3-12,17H,13-16H2,1-2H3,(H,26,27,28). The van der Waals surface area contributed by atoms with Crippen LogP contribution in [0.1, 0.15) is 6.92 Å². The second kappa shape index (κ2) is 8.34. The number of carbonyl (C=O) groups excluding carboxylic acids is 1. The maximum absolute atomic E-state index is 11.7. The number of nitrogens with zero attached hydrogens (tertiary/aromatic N) is 5. The van der Waals surface area contributed by atoms with Crippen molar-refractivity contribution in [3.8, 4) is 11.3 Å². The van der Waals surface area contributed by atoms with Crippen molar-refractivity contribution in [2.45, 2.75) is 6.92 Å². The van der Waals surface area contributed by atoms with E-state index in [0.29, 0.717) is 5.95 Å². The van der Waals surface area contributed by atoms with Crippen molar-refractivity contribution < 1.29 is 4.79 Å². The first-order valence-electron chi connectivity index (χ1n) is 10.8. The molecular weight excluding hydrogens is 400 g/mol. The molecule has 0 atom stereocenters. The molecule has 2 aromatic heterocycles. The number of hydrogen-bond donors (Lipinski definition) is 1. The Kier molecular flexibility index (Phi) is 5.23. The number of benzene rings is 2. The fourth-order valence-corrected chi connectivity index (χ4v) is 4.35. The summed E-state index contributed by atoms with van der Waals surface area (Å²) in [4.78, 5) is 25.1. The van der Waals surface area contributed by atoms with E-state index in [0.717, 1.165) is 48.8 Å². The SMILES string of the molecule is CC(=O)N1CCN(c2ccccc2Nc2nccc(-c3cn(C)c4ccccc34)n2)CC1. The highest BCUT2D eigenvalue weighted by molar-refractivity contribution is 5.95. The van der Waals surface area contributed by atoms with Crippen LogP contribution in [0.3, 0.4) is 0 Å². The maximum Gasteiger partial charge on any atom is 0.227 e. The van der Waals surface area contributed by atoms with Crippen molar-refractivity contribution in [1.82, 2.24) is 19.4 Å². The average Bonchev–Trinajstić information content (AvgIpc) is 3.16. The summed E-state index contributed by atoms with van der Waals surface area (Å²) in [6, 6.07) is 18.5. The average molecular weight is 427 g/mol. The number of carbonyl (C=O) groups is 1. The number of rotatable bonds is 4. The molecule has 0 bridgehead atoms. The van der Waals surface area contributed by atoms with Gasteiger partial charge in [-0.2, -0.15) is 0 Å². The summed E-state index contributed by atoms with van der Waals surface area (Å²) in [5, 5.41) is 4.59. The smallest absolute Gasteiger partial charge is 0.227 e. The monoisotopic (exact) mass is 426 g/mol. The Hall–Kier alpha value is -3.87. The minimum atomic E-state index is 0.134. The van der Waals surface area contributed by atoms with Crippen LogP contribution in [-0.2, 0) is 11.8 Å². The molecule has 1 saturated heterocycles. The summed E-state index contributed by atoms with van der Waals surface area (Å²) in [5.74, 6) is 0.694. The fourth-order valence-electron chi connectivity index (χ4n) is 4.35. The van der Waals surface area contributed by atoms with Gasteiger partial charge in [0.15, 0.2) is 0 Å². The van der Waals surface area contributed by atoms with Crippen molar-refractivity contribution in [2.75, 3.05) is 36.4 Å². The van der Waals surface area contributed by atoms with E-state index < -0.39 is 0 Å². The number of para-hydroxylation sites is 3. The summed E-state index contributed by atoms with van der Waals surface area (Å²) in [6.07, 6.45) is 3.90. The van der Waals surface area contributed by atoms with Crippen LogP contribution < -0.4 is 10.2 Å². The molecule has 32 heavy (non-hydrogen) atoms. The molecule has 1 aliphatic rings. The lowest BCUT2D eigenvalue weighted by atomic mass is 10.1. The van der Waals surface area contributed by atoms with E-state index in [9.17, 15) is 4.79 Å². The molecule has 0 aliphatic carbocycles. The van der Waals surface area contributed by atoms with Crippen LogP contribution in [0.25, 0.3) is 22.2 Å². The molecule has 7 nitrogen and oxygen atoms in total. The highest BCUT2D eigenvalue weighted by Crippen LogP contribution is 2.31. The molecule has 1 fully saturated rings. The molecular formula is C25H26N6O. The van der Waals surface area contributed by atoms with E-state index in [1.54, 1.807) is 13.1 Å². The van der Waals surface area contributed by atoms with Crippen LogP contribution in [0, 0.1) is 0 Å². The van der Waals surface area contributed by atoms with Gasteiger partial charge in [0.1, 0.15) is 0 Å². The topological polar surface area (TPSA) is 66.3 Å². The number of fused-ring (bicyclic) bond motifs is 1. The number of amides is 1. The normalized spacial score (nSPS) is 14.1. The maximum atomic E-state index is 11.7. The molecule has 1 N–H and O–H groups in total. The fraction of sp³-hybridized carbons (Fsp3) is 0.240. The summed E-state index contributed by atoms with van der Waals surface area (Å²) in [6.45, 7) is 4.70. The minimum absolute atomic E-state index is 0.134. The highest BCUT2D eigenvalue weighted by Gasteiger charge is 2.21. The summed E-state index contributed by atoms with van der Waals surface area (Å²) in [7, 11) is 2.05. The third-order valence-electron chi connectivity index (χ3n) is 6.04. The lowest BCUT2D eigenvalue weighted by Gasteiger charge is -2.36. The van der Waals surface area contributed by atoms with E-state index in [2.05, 4.69) is 44.2 Å². The van der Waals surface area contributed by atoms with E-state index in [-0.39, 0.29) is 5.91 Å². The van der Waals surface area contributed by atoms with Gasteiger partial charge in [-0.25, -0.2) is 9.97 Å². The quantitative estimate of drug-likeness (QED) is 0.533. The van der Waals surface area contributed by atoms with Gasteiger partial charge in [-0.05, 0) is 24.3 Å². The highest BCUT2D eigenvalue weighted by atomic mass is 16.2. The van der Waals surface area contributed by atoms with Crippen LogP contribution in [0.2, 0.25) is 0 Å². The molecule has 7 heteroatoms. The summed E-state index contributed by atoms with van der Waals surface area (Å²) in [5.41, 5.74) is 5.19. The predicted octanol–water partition coefficient (Wildman–Crippen LogP) is 4.05. The Morgan fingerprint density at radius 2 is 1.72 bits per heavy atom. The molecule has 162 valence electrons. The Morgan fingerprint density at radius 1 is 0.969 bits per heavy atom. The van der Waals surface area contributed by atoms with E-state index in [4.69, 9.17) is 4.98 Å². The number of anilines is 3. The molecule has 3 heterocycles. The van der Waals surface area contributed by atoms with E-state index in [1.807, 2.05) is 48.3 Å². The lowest BCUT2D eigenvalue weighted by molar-refractivity contribution is -0.129. The molecule has 0 radical (unpaired) electrons. The van der Waals surface area contributed by atoms with Crippen LogP contribution in [0.4, 0.5) is 17.3 Å². The van der Waals surface area contributed by atoms with Gasteiger partial charge in [0.2, 0.25) is 11.9 Å². The van der Waals surface area contributed by atoms with Crippen molar-refractivity contribution in [3.63, 3.8) is 0 Å². The number of hydrogen-bond acceptors (Lipinski definition) is 5. The van der Waals surface area contributed by atoms with Crippen molar-refractivity contribution in [2.24, 2.45) is 7.05 Å². The Morgan fingerprint density at radius 3 is 2.53 bits per heavy atom. The minimum Gasteiger partial charge on any atom is -0.366 e. The van der Waals surface area contributed by atoms with Crippen molar-refractivity contribution in [1.29, 1.82) is 0 Å². The zero-order valence-electron chi connectivity index (χ0n) is 18.3. The van der Waals surface area contributed by atoms with Crippen LogP contribution >= 0.6 is 0 Å². The van der Waals surface area contributed by atoms with Gasteiger partial charge in [0.25, 0.3) is 0 Å². The van der Waals surface area contributed by atoms with Crippen LogP contribution in [0.15, 0.2) is 67.0 Å². The molecule has 1 amide bonds. The third kappa shape index (κ3) is 3.77. The Balaban J connectivity index is 1.42. The largest absolute Gasteiger partial charge is 0.366 e. The molecule has 0 spiro atoms. The number of piperazine rings is 1. The molecule has 0 unspecified atom stereocenters. The molecule has 5 rings (SSSR count). The summed E-state index contributed by atoms with van der Waals surface area (Å²) < 4.78 is 2.12. The van der Waals surface area contributed by atoms with E-state index >= 15 is 0 Å². The van der Waals surface area contributed by atoms with Gasteiger partial charge in [-0.15, -0.1) is 0 Å². The molecule has 4 aromatic rings. The van der Waals surface area contributed by atoms with Gasteiger partial charge in [0.05, 0.1) is 17.1 Å². The number of aryl methyl sites for hydroxylation is 1. The zero-order valence-corrected chi connectivity index (χ0v) is 18.3. The number of aromatic nitrogens is 3. The van der Waals surface area contributed by atoms with Crippen molar-refractivity contribution >= 4 is 34.1 Å². The number of nitrogens with one attached hydrogen (secondary N) is 1. The van der Waals surface area contributed by atoms with Gasteiger partial charge in [0, 0.05) is 69.0 Å². The second-order valence-corrected chi connectivity index (χ2v) is 8.07. The van der Waals surface area contributed by atoms with Gasteiger partial charge >= 0.3 is 0 Å². The van der Waals surface area contributed by atoms with E-state index in [1.165, 1.54) is 10.9 Å². The molecule has 0 saturated carbocycles. The van der Waals surface area contributed by atoms with Crippen molar-refractivity contribution in [3.05, 3.63) is 67.0 Å². The predicted molar refractivity (Wildman–Crippen MR) is 128 cm³/mol. The Bertz CT molecular complexity index is 1270. The Labute approximate surface area is 187 Å². The lowest BCUT2D eigenvalue weighted by Crippen LogP contribution is -2.48. The molecule has 2 aromatic carbocycles. The third-order valence-corrected chi connectivity index (χ3v) is 6.04. The van der Waals surface area contributed by atoms with Crippen LogP contribution in [0.5, 0.6) is 0 Å². The first-order valence-corrected chi connectivity index (χ1v) is 10.8. The van der Waals surface area contributed by atoms with Gasteiger partial charge in [-0.1, -0.05) is 30.3 Å². The summed E-state index contributed by atoms with van der Waals surface area (Å²) >= 11 is 0. The second-order valence-electron chi connectivity index (χ2n) is 8.07. The molecule has 1 aliphatic heterocycles. The van der Waals surface area contributed by atoms with Crippen LogP contribution in [-0.4, -0.2) is 51.5 Å².